The Morgan fingerprint density at radius 2 is 1.81 bits per heavy atom. The predicted molar refractivity (Wildman–Crippen MR) is 121 cm³/mol. The Bertz CT molecular complexity index is 1290. The number of fused-ring (bicyclic) bond motifs is 1. The van der Waals surface area contributed by atoms with Crippen LogP contribution in [0.3, 0.4) is 0 Å². The molecule has 156 valence electrons. The largest absolute Gasteiger partial charge is 0.497 e. The number of carbonyl (C=O) groups is 1. The van der Waals surface area contributed by atoms with Crippen LogP contribution in [0.5, 0.6) is 5.75 Å². The standard InChI is InChI=1S/C24H20ClN3O3/c1-31-19-10-7-16(8-11-19)14-26-22(29)15-28-21-12-9-18(25)13-20(21)23(27-24(28)30)17-5-3-2-4-6-17/h2-13H,14-15H2,1H3,(H,26,29). The van der Waals surface area contributed by atoms with Crippen molar-refractivity contribution in [2.45, 2.75) is 13.1 Å². The molecule has 1 amide bonds. The smallest absolute Gasteiger partial charge is 0.349 e. The lowest BCUT2D eigenvalue weighted by molar-refractivity contribution is -0.121. The van der Waals surface area contributed by atoms with Gasteiger partial charge in [-0.25, -0.2) is 4.79 Å². The molecule has 0 bridgehead atoms. The number of nitrogens with one attached hydrogen (secondary N) is 1. The van der Waals surface area contributed by atoms with Crippen molar-refractivity contribution in [1.29, 1.82) is 0 Å². The van der Waals surface area contributed by atoms with E-state index in [1.54, 1.807) is 25.3 Å². The van der Waals surface area contributed by atoms with E-state index in [2.05, 4.69) is 10.3 Å². The quantitative estimate of drug-likeness (QED) is 0.498. The van der Waals surface area contributed by atoms with Crippen molar-refractivity contribution >= 4 is 28.4 Å². The molecule has 4 aromatic rings. The first kappa shape index (κ1) is 20.6. The summed E-state index contributed by atoms with van der Waals surface area (Å²) in [6.07, 6.45) is 0. The number of ether oxygens (including phenoxy) is 1. The maximum Gasteiger partial charge on any atom is 0.349 e. The summed E-state index contributed by atoms with van der Waals surface area (Å²) in [6, 6.07) is 22.0. The first-order valence-electron chi connectivity index (χ1n) is 9.70. The molecule has 0 aliphatic heterocycles. The summed E-state index contributed by atoms with van der Waals surface area (Å²) in [7, 11) is 1.60. The molecule has 31 heavy (non-hydrogen) atoms. The molecule has 0 spiro atoms. The molecule has 0 fully saturated rings. The molecular weight excluding hydrogens is 414 g/mol. The Morgan fingerprint density at radius 1 is 1.06 bits per heavy atom. The second kappa shape index (κ2) is 9.02. The van der Waals surface area contributed by atoms with Crippen molar-refractivity contribution in [2.24, 2.45) is 0 Å². The minimum atomic E-state index is -0.492. The second-order valence-electron chi connectivity index (χ2n) is 6.98. The van der Waals surface area contributed by atoms with Crippen LogP contribution in [0.15, 0.2) is 77.6 Å². The lowest BCUT2D eigenvalue weighted by atomic mass is 10.1. The zero-order chi connectivity index (χ0) is 21.8. The van der Waals surface area contributed by atoms with Gasteiger partial charge in [0.1, 0.15) is 12.3 Å². The van der Waals surface area contributed by atoms with Crippen LogP contribution < -0.4 is 15.7 Å². The van der Waals surface area contributed by atoms with Crippen molar-refractivity contribution in [2.75, 3.05) is 7.11 Å². The number of benzene rings is 3. The van der Waals surface area contributed by atoms with E-state index < -0.39 is 5.69 Å². The first-order valence-corrected chi connectivity index (χ1v) is 10.1. The van der Waals surface area contributed by atoms with Crippen molar-refractivity contribution in [3.63, 3.8) is 0 Å². The average Bonchev–Trinajstić information content (AvgIpc) is 2.80. The summed E-state index contributed by atoms with van der Waals surface area (Å²) >= 11 is 6.21. The maximum atomic E-state index is 12.8. The minimum Gasteiger partial charge on any atom is -0.497 e. The average molecular weight is 434 g/mol. The highest BCUT2D eigenvalue weighted by atomic mass is 35.5. The molecule has 0 saturated carbocycles. The number of amides is 1. The zero-order valence-corrected chi connectivity index (χ0v) is 17.6. The number of methoxy groups -OCH3 is 1. The summed E-state index contributed by atoms with van der Waals surface area (Å²) in [5, 5.41) is 4.08. The van der Waals surface area contributed by atoms with E-state index in [1.165, 1.54) is 4.57 Å². The summed E-state index contributed by atoms with van der Waals surface area (Å²) < 4.78 is 6.50. The highest BCUT2D eigenvalue weighted by Gasteiger charge is 2.15. The second-order valence-corrected chi connectivity index (χ2v) is 7.42. The van der Waals surface area contributed by atoms with Crippen molar-refractivity contribution in [3.05, 3.63) is 93.9 Å². The molecule has 0 radical (unpaired) electrons. The van der Waals surface area contributed by atoms with Crippen molar-refractivity contribution < 1.29 is 9.53 Å². The van der Waals surface area contributed by atoms with Crippen LogP contribution in [0.4, 0.5) is 0 Å². The normalized spacial score (nSPS) is 10.8. The number of hydrogen-bond donors (Lipinski definition) is 1. The van der Waals surface area contributed by atoms with Gasteiger partial charge in [0.25, 0.3) is 0 Å². The van der Waals surface area contributed by atoms with E-state index in [4.69, 9.17) is 16.3 Å². The highest BCUT2D eigenvalue weighted by Crippen LogP contribution is 2.27. The molecule has 0 aliphatic carbocycles. The van der Waals surface area contributed by atoms with Crippen LogP contribution in [0.25, 0.3) is 22.2 Å². The molecule has 1 aromatic heterocycles. The van der Waals surface area contributed by atoms with E-state index in [0.717, 1.165) is 16.9 Å². The van der Waals surface area contributed by atoms with E-state index >= 15 is 0 Å². The van der Waals surface area contributed by atoms with Gasteiger partial charge in [-0.05, 0) is 35.9 Å². The number of hydrogen-bond acceptors (Lipinski definition) is 4. The Hall–Kier alpha value is -3.64. The van der Waals surface area contributed by atoms with Crippen LogP contribution in [0.1, 0.15) is 5.56 Å². The predicted octanol–water partition coefficient (Wildman–Crippen LogP) is 4.04. The summed E-state index contributed by atoms with van der Waals surface area (Å²) in [5.41, 5.74) is 2.38. The number of aromatic nitrogens is 2. The van der Waals surface area contributed by atoms with Crippen LogP contribution in [-0.4, -0.2) is 22.6 Å². The minimum absolute atomic E-state index is 0.144. The molecule has 0 atom stereocenters. The van der Waals surface area contributed by atoms with Gasteiger partial charge in [0.05, 0.1) is 18.3 Å². The van der Waals surface area contributed by atoms with Gasteiger partial charge in [-0.15, -0.1) is 0 Å². The van der Waals surface area contributed by atoms with Gasteiger partial charge in [-0.2, -0.15) is 4.98 Å². The van der Waals surface area contributed by atoms with Crippen LogP contribution in [-0.2, 0) is 17.9 Å². The Kier molecular flexibility index (Phi) is 6.00. The lowest BCUT2D eigenvalue weighted by Gasteiger charge is -2.13. The van der Waals surface area contributed by atoms with Crippen molar-refractivity contribution in [3.8, 4) is 17.0 Å². The number of rotatable bonds is 6. The molecule has 1 N–H and O–H groups in total. The van der Waals surface area contributed by atoms with Crippen LogP contribution in [0, 0.1) is 0 Å². The third-order valence-electron chi connectivity index (χ3n) is 4.94. The lowest BCUT2D eigenvalue weighted by Crippen LogP contribution is -2.33. The van der Waals surface area contributed by atoms with E-state index in [-0.39, 0.29) is 12.5 Å². The molecule has 0 unspecified atom stereocenters. The fourth-order valence-electron chi connectivity index (χ4n) is 3.36. The van der Waals surface area contributed by atoms with Gasteiger partial charge in [-0.1, -0.05) is 54.1 Å². The monoisotopic (exact) mass is 433 g/mol. The Balaban J connectivity index is 1.62. The highest BCUT2D eigenvalue weighted by molar-refractivity contribution is 6.31. The van der Waals surface area contributed by atoms with E-state index in [1.807, 2.05) is 54.6 Å². The van der Waals surface area contributed by atoms with Gasteiger partial charge in [0.15, 0.2) is 0 Å². The third kappa shape index (κ3) is 4.59. The number of halogens is 1. The van der Waals surface area contributed by atoms with Crippen LogP contribution in [0.2, 0.25) is 5.02 Å². The summed E-state index contributed by atoms with van der Waals surface area (Å²) in [5.74, 6) is 0.458. The van der Waals surface area contributed by atoms with E-state index in [9.17, 15) is 9.59 Å². The topological polar surface area (TPSA) is 73.2 Å². The molecule has 1 heterocycles. The number of nitrogens with zero attached hydrogens (tertiary/aromatic N) is 2. The van der Waals surface area contributed by atoms with Gasteiger partial charge in [-0.3, -0.25) is 9.36 Å². The maximum absolute atomic E-state index is 12.8. The zero-order valence-electron chi connectivity index (χ0n) is 16.8. The Morgan fingerprint density at radius 3 is 2.52 bits per heavy atom. The fraction of sp³-hybridized carbons (Fsp3) is 0.125. The van der Waals surface area contributed by atoms with Gasteiger partial charge in [0, 0.05) is 22.5 Å². The fourth-order valence-corrected chi connectivity index (χ4v) is 3.54. The molecule has 0 aliphatic rings. The molecule has 0 saturated heterocycles. The molecule has 6 nitrogen and oxygen atoms in total. The molecule has 7 heteroatoms. The SMILES string of the molecule is COc1ccc(CNC(=O)Cn2c(=O)nc(-c3ccccc3)c3cc(Cl)ccc32)cc1. The summed E-state index contributed by atoms with van der Waals surface area (Å²) in [4.78, 5) is 29.7. The van der Waals surface area contributed by atoms with Gasteiger partial charge >= 0.3 is 5.69 Å². The molecular formula is C24H20ClN3O3. The Labute approximate surface area is 184 Å². The van der Waals surface area contributed by atoms with E-state index in [0.29, 0.717) is 28.2 Å². The van der Waals surface area contributed by atoms with Gasteiger partial charge in [0.2, 0.25) is 5.91 Å². The summed E-state index contributed by atoms with van der Waals surface area (Å²) in [6.45, 7) is 0.200. The third-order valence-corrected chi connectivity index (χ3v) is 5.18. The van der Waals surface area contributed by atoms with Gasteiger partial charge < -0.3 is 10.1 Å². The first-order chi connectivity index (χ1) is 15.0. The number of carbonyl (C=O) groups excluding carboxylic acids is 1. The molecule has 3 aromatic carbocycles. The van der Waals surface area contributed by atoms with Crippen molar-refractivity contribution in [1.82, 2.24) is 14.9 Å². The molecule has 4 rings (SSSR count). The van der Waals surface area contributed by atoms with Crippen LogP contribution >= 0.6 is 11.6 Å².